The molecule has 3 aliphatic carbocycles. The molecule has 3 aromatic heterocycles. The number of hydrogen-bond acceptors (Lipinski definition) is 8. The second-order valence-corrected chi connectivity index (χ2v) is 21.0. The number of carbonyl (C=O) groups is 4. The number of halogens is 3. The van der Waals surface area contributed by atoms with Crippen LogP contribution in [0.4, 0.5) is 20.7 Å². The Morgan fingerprint density at radius 2 is 1.74 bits per heavy atom. The summed E-state index contributed by atoms with van der Waals surface area (Å²) in [6.07, 6.45) is 15.6. The summed E-state index contributed by atoms with van der Waals surface area (Å²) in [5.41, 5.74) is 1.41. The zero-order valence-corrected chi connectivity index (χ0v) is 39.5. The Hall–Kier alpha value is -5.03. The molecule has 3 saturated carbocycles. The Morgan fingerprint density at radius 3 is 2.45 bits per heavy atom. The van der Waals surface area contributed by atoms with E-state index in [1.165, 1.54) is 11.1 Å². The van der Waals surface area contributed by atoms with Crippen molar-refractivity contribution in [2.24, 2.45) is 28.6 Å². The van der Waals surface area contributed by atoms with E-state index in [1.54, 1.807) is 25.4 Å². The van der Waals surface area contributed by atoms with E-state index in [4.69, 9.17) is 23.2 Å². The molecule has 12 nitrogen and oxygen atoms in total. The molecule has 2 saturated heterocycles. The largest absolute Gasteiger partial charge is 0.388 e. The van der Waals surface area contributed by atoms with Crippen LogP contribution in [-0.4, -0.2) is 82.7 Å². The second-order valence-electron chi connectivity index (χ2n) is 20.3. The van der Waals surface area contributed by atoms with Crippen molar-refractivity contribution in [3.63, 3.8) is 0 Å². The topological polar surface area (TPSA) is 141 Å². The summed E-state index contributed by atoms with van der Waals surface area (Å²) < 4.78 is 18.3. The van der Waals surface area contributed by atoms with Crippen molar-refractivity contribution in [3.8, 4) is 11.8 Å². The molecular weight excluding hydrogens is 879 g/mol. The van der Waals surface area contributed by atoms with E-state index in [2.05, 4.69) is 56.5 Å². The van der Waals surface area contributed by atoms with Crippen LogP contribution in [0.2, 0.25) is 10.2 Å². The highest BCUT2D eigenvalue weighted by Crippen LogP contribution is 2.70. The second kappa shape index (κ2) is 18.6. The van der Waals surface area contributed by atoms with E-state index in [-0.39, 0.29) is 40.4 Å². The van der Waals surface area contributed by atoms with Gasteiger partial charge >= 0.3 is 6.03 Å². The van der Waals surface area contributed by atoms with Gasteiger partial charge in [-0.3, -0.25) is 24.2 Å². The molecule has 0 unspecified atom stereocenters. The Morgan fingerprint density at radius 1 is 0.985 bits per heavy atom. The lowest BCUT2D eigenvalue weighted by Gasteiger charge is -2.51. The van der Waals surface area contributed by atoms with Gasteiger partial charge in [0.2, 0.25) is 11.8 Å². The third-order valence-corrected chi connectivity index (χ3v) is 16.4. The molecule has 0 radical (unpaired) electrons. The fourth-order valence-corrected chi connectivity index (χ4v) is 12.5. The number of nitrogens with zero attached hydrogens (tertiary/aromatic N) is 5. The average molecular weight is 938 g/mol. The molecule has 4 aromatic rings. The van der Waals surface area contributed by atoms with Crippen LogP contribution in [0.25, 0.3) is 5.65 Å². The number of likely N-dealkylation sites (tertiary alicyclic amines) is 1. The Kier molecular flexibility index (Phi) is 13.0. The van der Waals surface area contributed by atoms with Gasteiger partial charge in [-0.25, -0.2) is 19.2 Å². The first-order valence-corrected chi connectivity index (χ1v) is 24.4. The fourth-order valence-electron chi connectivity index (χ4n) is 12.2. The fraction of sp³-hybridized carbons (Fsp3) is 0.529. The van der Waals surface area contributed by atoms with E-state index in [0.717, 1.165) is 101 Å². The molecule has 5 aliphatic rings. The molecule has 1 aromatic carbocycles. The van der Waals surface area contributed by atoms with Crippen molar-refractivity contribution < 1.29 is 23.6 Å². The lowest BCUT2D eigenvalue weighted by molar-refractivity contribution is -0.126. The molecule has 4 amide bonds. The number of nitrogens with one attached hydrogen (secondary N) is 3. The maximum atomic E-state index is 16.4. The third-order valence-electron chi connectivity index (χ3n) is 15.9. The lowest BCUT2D eigenvalue weighted by Crippen LogP contribution is -2.50. The highest BCUT2D eigenvalue weighted by Gasteiger charge is 2.68. The smallest absolute Gasteiger partial charge is 0.329 e. The highest BCUT2D eigenvalue weighted by molar-refractivity contribution is 6.31. The van der Waals surface area contributed by atoms with Gasteiger partial charge in [-0.15, -0.1) is 0 Å². The molecule has 9 rings (SSSR count). The summed E-state index contributed by atoms with van der Waals surface area (Å²) in [5.74, 6) is 5.69. The number of fused-ring (bicyclic) bond motifs is 1. The van der Waals surface area contributed by atoms with Gasteiger partial charge in [-0.1, -0.05) is 55.0 Å². The van der Waals surface area contributed by atoms with Gasteiger partial charge in [0.1, 0.15) is 17.8 Å². The molecule has 348 valence electrons. The predicted molar refractivity (Wildman–Crippen MR) is 254 cm³/mol. The summed E-state index contributed by atoms with van der Waals surface area (Å²) in [6.45, 7) is 7.81. The number of rotatable bonds is 9. The molecule has 5 fully saturated rings. The van der Waals surface area contributed by atoms with Crippen LogP contribution in [0, 0.1) is 46.2 Å². The van der Waals surface area contributed by atoms with Gasteiger partial charge in [-0.2, -0.15) is 0 Å². The van der Waals surface area contributed by atoms with Crippen molar-refractivity contribution >= 4 is 64.5 Å². The zero-order chi connectivity index (χ0) is 46.4. The van der Waals surface area contributed by atoms with Gasteiger partial charge in [0.25, 0.3) is 0 Å². The van der Waals surface area contributed by atoms with E-state index < -0.39 is 34.5 Å². The highest BCUT2D eigenvalue weighted by atomic mass is 35.5. The SMILES string of the molecule is CNc1cc(Cl)ccc1[C@]1(C=O)[C@@H](c2ccnc(Cl)c2F)[C@H](C(=O)NC2CCC(CN3CCC(C#Cc4ccn5c(N6CCC(=O)NC6=O)cnc5c4)CC3)CC2)CC12CCC(C)(C)CC2. The summed E-state index contributed by atoms with van der Waals surface area (Å²) in [7, 11) is 1.80. The number of piperidine rings is 1. The maximum Gasteiger partial charge on any atom is 0.329 e. The van der Waals surface area contributed by atoms with E-state index in [9.17, 15) is 19.2 Å². The molecule has 2 aliphatic heterocycles. The van der Waals surface area contributed by atoms with Crippen LogP contribution in [-0.2, 0) is 19.8 Å². The molecule has 15 heteroatoms. The molecular formula is C51H59Cl2FN8O4. The number of carbonyl (C=O) groups excluding carboxylic acids is 4. The number of pyridine rings is 2. The average Bonchev–Trinajstić information content (AvgIpc) is 3.85. The van der Waals surface area contributed by atoms with Crippen LogP contribution in [0.5, 0.6) is 0 Å². The van der Waals surface area contributed by atoms with Crippen molar-refractivity contribution in [2.45, 2.75) is 108 Å². The minimum atomic E-state index is -1.25. The van der Waals surface area contributed by atoms with E-state index >= 15 is 4.39 Å². The number of amides is 4. The molecule has 1 spiro atoms. The third kappa shape index (κ3) is 8.69. The van der Waals surface area contributed by atoms with Crippen molar-refractivity contribution in [1.29, 1.82) is 0 Å². The van der Waals surface area contributed by atoms with Gasteiger partial charge in [0.05, 0.1) is 11.6 Å². The Bertz CT molecular complexity index is 2580. The number of aldehydes is 1. The normalized spacial score (nSPS) is 26.7. The van der Waals surface area contributed by atoms with Crippen molar-refractivity contribution in [2.75, 3.05) is 43.4 Å². The van der Waals surface area contributed by atoms with Gasteiger partial charge in [-0.05, 0) is 142 Å². The number of urea groups is 1. The first kappa shape index (κ1) is 46.1. The van der Waals surface area contributed by atoms with E-state index in [0.29, 0.717) is 47.0 Å². The number of imidazole rings is 1. The van der Waals surface area contributed by atoms with Crippen LogP contribution in [0.15, 0.2) is 55.0 Å². The number of hydrogen-bond donors (Lipinski definition) is 3. The monoisotopic (exact) mass is 936 g/mol. The summed E-state index contributed by atoms with van der Waals surface area (Å²) >= 11 is 12.9. The van der Waals surface area contributed by atoms with Gasteiger partial charge in [0.15, 0.2) is 11.0 Å². The quantitative estimate of drug-likeness (QED) is 0.0859. The minimum Gasteiger partial charge on any atom is -0.388 e. The number of benzene rings is 1. The standard InChI is InChI=1S/C51H59Cl2FN8O4/c1-49(2)17-19-50(20-18-49)28-38(44(37-12-21-56-46(53)45(37)54)51(50,31-63)39-11-8-35(52)27-40(39)55-3)47(65)58-36-9-6-34(7-10-36)30-60-22-13-32(14-23-60)4-5-33-15-24-61-41(26-33)57-29-43(61)62-25-16-42(64)59-48(62)66/h8,11-12,15,21,24,26-27,29,31-32,34,36,38,44,55H,6-7,9-10,13-14,16-20,22-23,25,28,30H2,1-3H3,(H,58,65)(H,59,64,66)/t34?,36?,38-,44+,51-/m1/s1. The molecule has 66 heavy (non-hydrogen) atoms. The number of aromatic nitrogens is 3. The number of imide groups is 1. The summed E-state index contributed by atoms with van der Waals surface area (Å²) in [6, 6.07) is 10.5. The summed E-state index contributed by atoms with van der Waals surface area (Å²) in [5, 5.41) is 9.33. The van der Waals surface area contributed by atoms with Crippen molar-refractivity contribution in [1.82, 2.24) is 29.9 Å². The minimum absolute atomic E-state index is 0.0140. The maximum absolute atomic E-state index is 16.4. The zero-order valence-electron chi connectivity index (χ0n) is 38.0. The molecule has 0 bridgehead atoms. The lowest BCUT2D eigenvalue weighted by atomic mass is 9.51. The molecule has 3 atom stereocenters. The van der Waals surface area contributed by atoms with Crippen LogP contribution < -0.4 is 20.9 Å². The van der Waals surface area contributed by atoms with Crippen LogP contribution in [0.1, 0.15) is 114 Å². The Balaban J connectivity index is 0.843. The number of anilines is 2. The van der Waals surface area contributed by atoms with Crippen molar-refractivity contribution in [3.05, 3.63) is 87.7 Å². The summed E-state index contributed by atoms with van der Waals surface area (Å²) in [4.78, 5) is 65.8. The van der Waals surface area contributed by atoms with Crippen LogP contribution in [0.3, 0.4) is 0 Å². The van der Waals surface area contributed by atoms with E-state index in [1.807, 2.05) is 34.9 Å². The molecule has 3 N–H and O–H groups in total. The van der Waals surface area contributed by atoms with Gasteiger partial charge < -0.3 is 20.3 Å². The first-order chi connectivity index (χ1) is 31.7. The van der Waals surface area contributed by atoms with Gasteiger partial charge in [0, 0.05) is 79.0 Å². The van der Waals surface area contributed by atoms with Crippen LogP contribution >= 0.6 is 23.2 Å². The predicted octanol–water partition coefficient (Wildman–Crippen LogP) is 8.93. The molecule has 5 heterocycles. The first-order valence-electron chi connectivity index (χ1n) is 23.6. The Labute approximate surface area is 396 Å².